The summed E-state index contributed by atoms with van der Waals surface area (Å²) in [6, 6.07) is 6.24. The number of carbonyl (C=O) groups excluding carboxylic acids is 1. The van der Waals surface area contributed by atoms with Gasteiger partial charge in [0.1, 0.15) is 6.10 Å². The van der Waals surface area contributed by atoms with Crippen molar-refractivity contribution in [1.82, 2.24) is 9.80 Å². The number of ether oxygens (including phenoxy) is 3. The van der Waals surface area contributed by atoms with E-state index in [0.717, 1.165) is 31.1 Å². The Morgan fingerprint density at radius 1 is 1.13 bits per heavy atom. The highest BCUT2D eigenvalue weighted by Gasteiger charge is 2.51. The molecule has 0 bridgehead atoms. The molecule has 2 heterocycles. The first-order valence-electron chi connectivity index (χ1n) is 7.81. The summed E-state index contributed by atoms with van der Waals surface area (Å²) in [6.45, 7) is 2.57. The number of likely N-dealkylation sites (N-methyl/N-ethyl adjacent to an activating group) is 1. The largest absolute Gasteiger partial charge is 0.493 e. The Morgan fingerprint density at radius 2 is 1.87 bits per heavy atom. The summed E-state index contributed by atoms with van der Waals surface area (Å²) < 4.78 is 16.1. The smallest absolute Gasteiger partial charge is 0.252 e. The number of methoxy groups -OCH3 is 3. The normalized spacial score (nSPS) is 27.4. The topological polar surface area (TPSA) is 51.2 Å². The van der Waals surface area contributed by atoms with Gasteiger partial charge < -0.3 is 19.1 Å². The molecular weight excluding hydrogens is 296 g/mol. The molecule has 0 radical (unpaired) electrons. The van der Waals surface area contributed by atoms with Gasteiger partial charge in [0.25, 0.3) is 5.91 Å². The molecule has 6 nitrogen and oxygen atoms in total. The molecule has 0 unspecified atom stereocenters. The summed E-state index contributed by atoms with van der Waals surface area (Å²) in [6.07, 6.45) is -0.305. The Bertz CT molecular complexity index is 592. The standard InChI is InChI=1S/C17H24N2O4/c1-18-13-10-19(9-12(13)16(23-4)17(18)20)8-11-5-6-14(21-2)15(7-11)22-3/h5-7,12-13,16H,8-10H2,1-4H3/t12-,13+,16-/m0/s1. The fraction of sp³-hybridized carbons (Fsp3) is 0.588. The number of likely N-dealkylation sites (tertiary alicyclic amines) is 2. The molecule has 1 aromatic carbocycles. The van der Waals surface area contributed by atoms with Crippen molar-refractivity contribution in [3.05, 3.63) is 23.8 Å². The van der Waals surface area contributed by atoms with Crippen molar-refractivity contribution >= 4 is 5.91 Å². The van der Waals surface area contributed by atoms with Crippen LogP contribution in [0.25, 0.3) is 0 Å². The van der Waals surface area contributed by atoms with Gasteiger partial charge in [-0.1, -0.05) is 6.07 Å². The van der Waals surface area contributed by atoms with E-state index in [1.165, 1.54) is 5.56 Å². The molecule has 3 atom stereocenters. The first-order chi connectivity index (χ1) is 11.1. The molecular formula is C17H24N2O4. The second kappa shape index (κ2) is 6.37. The zero-order chi connectivity index (χ0) is 16.6. The third-order valence-electron chi connectivity index (χ3n) is 4.99. The molecule has 0 aromatic heterocycles. The van der Waals surface area contributed by atoms with E-state index in [-0.39, 0.29) is 24.0 Å². The molecule has 2 aliphatic heterocycles. The maximum atomic E-state index is 12.1. The third-order valence-corrected chi connectivity index (χ3v) is 4.99. The molecule has 0 aliphatic carbocycles. The summed E-state index contributed by atoms with van der Waals surface area (Å²) in [5.41, 5.74) is 1.17. The molecule has 1 aromatic rings. The van der Waals surface area contributed by atoms with Crippen LogP contribution in [0.4, 0.5) is 0 Å². The van der Waals surface area contributed by atoms with Crippen molar-refractivity contribution in [1.29, 1.82) is 0 Å². The van der Waals surface area contributed by atoms with E-state index in [1.54, 1.807) is 21.3 Å². The molecule has 23 heavy (non-hydrogen) atoms. The first-order valence-corrected chi connectivity index (χ1v) is 7.81. The molecule has 2 saturated heterocycles. The van der Waals surface area contributed by atoms with Crippen LogP contribution >= 0.6 is 0 Å². The van der Waals surface area contributed by atoms with Crippen molar-refractivity contribution < 1.29 is 19.0 Å². The average molecular weight is 320 g/mol. The number of rotatable bonds is 5. The minimum Gasteiger partial charge on any atom is -0.493 e. The van der Waals surface area contributed by atoms with Gasteiger partial charge in [0.05, 0.1) is 20.3 Å². The summed E-state index contributed by atoms with van der Waals surface area (Å²) in [5, 5.41) is 0. The van der Waals surface area contributed by atoms with Gasteiger partial charge in [0.2, 0.25) is 0 Å². The average Bonchev–Trinajstić information content (AvgIpc) is 3.06. The van der Waals surface area contributed by atoms with Crippen LogP contribution in [-0.4, -0.2) is 69.3 Å². The van der Waals surface area contributed by atoms with E-state index >= 15 is 0 Å². The van der Waals surface area contributed by atoms with Gasteiger partial charge in [-0.25, -0.2) is 0 Å². The van der Waals surface area contributed by atoms with Gasteiger partial charge in [-0.3, -0.25) is 9.69 Å². The fourth-order valence-corrected chi connectivity index (χ4v) is 3.79. The second-order valence-electron chi connectivity index (χ2n) is 6.22. The van der Waals surface area contributed by atoms with Gasteiger partial charge in [0.15, 0.2) is 11.5 Å². The molecule has 2 aliphatic rings. The summed E-state index contributed by atoms with van der Waals surface area (Å²) in [4.78, 5) is 16.3. The molecule has 0 spiro atoms. The van der Waals surface area contributed by atoms with Crippen LogP contribution in [0.5, 0.6) is 11.5 Å². The Kier molecular flexibility index (Phi) is 4.46. The number of amides is 1. The quantitative estimate of drug-likeness (QED) is 0.810. The Morgan fingerprint density at radius 3 is 2.52 bits per heavy atom. The van der Waals surface area contributed by atoms with Crippen LogP contribution in [0.2, 0.25) is 0 Å². The predicted octanol–water partition coefficient (Wildman–Crippen LogP) is 0.991. The van der Waals surface area contributed by atoms with Gasteiger partial charge in [-0.05, 0) is 17.7 Å². The zero-order valence-corrected chi connectivity index (χ0v) is 14.1. The van der Waals surface area contributed by atoms with Gasteiger partial charge in [0, 0.05) is 39.7 Å². The maximum Gasteiger partial charge on any atom is 0.252 e. The van der Waals surface area contributed by atoms with Crippen molar-refractivity contribution in [3.8, 4) is 11.5 Å². The fourth-order valence-electron chi connectivity index (χ4n) is 3.79. The van der Waals surface area contributed by atoms with Gasteiger partial charge in [-0.15, -0.1) is 0 Å². The first kappa shape index (κ1) is 16.1. The molecule has 1 amide bonds. The van der Waals surface area contributed by atoms with E-state index in [1.807, 2.05) is 24.1 Å². The molecule has 3 rings (SSSR count). The van der Waals surface area contributed by atoms with Crippen molar-refractivity contribution in [2.75, 3.05) is 41.5 Å². The third kappa shape index (κ3) is 2.77. The lowest BCUT2D eigenvalue weighted by molar-refractivity contribution is -0.136. The van der Waals surface area contributed by atoms with Gasteiger partial charge in [-0.2, -0.15) is 0 Å². The van der Waals surface area contributed by atoms with Gasteiger partial charge >= 0.3 is 0 Å². The summed E-state index contributed by atoms with van der Waals surface area (Å²) in [5.74, 6) is 1.83. The monoisotopic (exact) mass is 320 g/mol. The lowest BCUT2D eigenvalue weighted by Crippen LogP contribution is -2.36. The van der Waals surface area contributed by atoms with E-state index in [0.29, 0.717) is 0 Å². The van der Waals surface area contributed by atoms with Crippen molar-refractivity contribution in [3.63, 3.8) is 0 Å². The lowest BCUT2D eigenvalue weighted by Gasteiger charge is -2.22. The summed E-state index contributed by atoms with van der Waals surface area (Å²) >= 11 is 0. The van der Waals surface area contributed by atoms with Crippen LogP contribution in [0.1, 0.15) is 5.56 Å². The lowest BCUT2D eigenvalue weighted by atomic mass is 10.0. The van der Waals surface area contributed by atoms with E-state index < -0.39 is 0 Å². The molecule has 0 saturated carbocycles. The zero-order valence-electron chi connectivity index (χ0n) is 14.1. The maximum absolute atomic E-state index is 12.1. The SMILES string of the molecule is COc1ccc(CN2C[C@@H]3[C@H](OC)C(=O)N(C)[C@@H]3C2)cc1OC. The Labute approximate surface area is 136 Å². The molecule has 126 valence electrons. The van der Waals surface area contributed by atoms with Crippen LogP contribution in [0.3, 0.4) is 0 Å². The van der Waals surface area contributed by atoms with E-state index in [4.69, 9.17) is 14.2 Å². The molecule has 2 fully saturated rings. The minimum atomic E-state index is -0.305. The number of fused-ring (bicyclic) bond motifs is 1. The van der Waals surface area contributed by atoms with E-state index in [9.17, 15) is 4.79 Å². The van der Waals surface area contributed by atoms with Crippen molar-refractivity contribution in [2.24, 2.45) is 5.92 Å². The second-order valence-corrected chi connectivity index (χ2v) is 6.22. The van der Waals surface area contributed by atoms with Crippen LogP contribution in [0, 0.1) is 5.92 Å². The Balaban J connectivity index is 1.70. The van der Waals surface area contributed by atoms with Crippen LogP contribution in [-0.2, 0) is 16.1 Å². The predicted molar refractivity (Wildman–Crippen MR) is 85.7 cm³/mol. The minimum absolute atomic E-state index is 0.105. The number of carbonyl (C=O) groups is 1. The van der Waals surface area contributed by atoms with Crippen LogP contribution in [0.15, 0.2) is 18.2 Å². The molecule has 0 N–H and O–H groups in total. The van der Waals surface area contributed by atoms with E-state index in [2.05, 4.69) is 11.0 Å². The van der Waals surface area contributed by atoms with Crippen LogP contribution < -0.4 is 9.47 Å². The highest BCUT2D eigenvalue weighted by Crippen LogP contribution is 2.34. The number of hydrogen-bond donors (Lipinski definition) is 0. The molecule has 6 heteroatoms. The number of hydrogen-bond acceptors (Lipinski definition) is 5. The highest BCUT2D eigenvalue weighted by atomic mass is 16.5. The highest BCUT2D eigenvalue weighted by molar-refractivity contribution is 5.84. The Hall–Kier alpha value is -1.79. The number of nitrogens with zero attached hydrogens (tertiary/aromatic N) is 2. The summed E-state index contributed by atoms with van der Waals surface area (Å²) in [7, 11) is 6.78. The van der Waals surface area contributed by atoms with Crippen molar-refractivity contribution in [2.45, 2.75) is 18.7 Å². The number of benzene rings is 1.